The van der Waals surface area contributed by atoms with E-state index in [0.717, 1.165) is 11.3 Å². The molecule has 0 N–H and O–H groups in total. The van der Waals surface area contributed by atoms with E-state index in [0.29, 0.717) is 0 Å². The molecule has 0 amide bonds. The Balaban J connectivity index is 2.08. The third kappa shape index (κ3) is 3.14. The van der Waals surface area contributed by atoms with Gasteiger partial charge in [-0.3, -0.25) is 5.01 Å². The number of hydrogen-bond donors (Lipinski definition) is 0. The lowest BCUT2D eigenvalue weighted by molar-refractivity contribution is 0.628. The summed E-state index contributed by atoms with van der Waals surface area (Å²) in [4.78, 5) is 0. The summed E-state index contributed by atoms with van der Waals surface area (Å²) in [6.07, 6.45) is 1.70. The molecule has 2 nitrogen and oxygen atoms in total. The first-order valence-corrected chi connectivity index (χ1v) is 5.34. The minimum atomic E-state index is -0.237. The van der Waals surface area contributed by atoms with Crippen molar-refractivity contribution in [2.75, 3.05) is 12.1 Å². The number of benzene rings is 2. The van der Waals surface area contributed by atoms with Crippen molar-refractivity contribution in [2.45, 2.75) is 0 Å². The number of rotatable bonds is 3. The van der Waals surface area contributed by atoms with Crippen LogP contribution in [0.1, 0.15) is 5.56 Å². The third-order valence-electron chi connectivity index (χ3n) is 2.38. The summed E-state index contributed by atoms with van der Waals surface area (Å²) in [5, 5.41) is 6.05. The van der Waals surface area contributed by atoms with Crippen LogP contribution in [0.15, 0.2) is 59.7 Å². The fourth-order valence-electron chi connectivity index (χ4n) is 1.41. The first kappa shape index (κ1) is 11.3. The Kier molecular flexibility index (Phi) is 3.50. The molecule has 0 unspecified atom stereocenters. The highest BCUT2D eigenvalue weighted by molar-refractivity contribution is 5.80. The van der Waals surface area contributed by atoms with Crippen LogP contribution in [-0.2, 0) is 0 Å². The van der Waals surface area contributed by atoms with Gasteiger partial charge in [-0.2, -0.15) is 5.10 Å². The van der Waals surface area contributed by atoms with Crippen LogP contribution in [0, 0.1) is 5.82 Å². The Labute approximate surface area is 100 Å². The number of hydrazone groups is 1. The van der Waals surface area contributed by atoms with E-state index in [9.17, 15) is 4.39 Å². The Morgan fingerprint density at radius 2 is 1.65 bits per heavy atom. The molecule has 0 aliphatic heterocycles. The largest absolute Gasteiger partial charge is 0.269 e. The van der Waals surface area contributed by atoms with Gasteiger partial charge in [-0.05, 0) is 29.8 Å². The van der Waals surface area contributed by atoms with Crippen LogP contribution in [0.2, 0.25) is 0 Å². The van der Waals surface area contributed by atoms with E-state index >= 15 is 0 Å². The summed E-state index contributed by atoms with van der Waals surface area (Å²) in [7, 11) is 1.87. The molecule has 0 saturated heterocycles. The fraction of sp³-hybridized carbons (Fsp3) is 0.0714. The molecule has 0 atom stereocenters. The number of nitrogens with zero attached hydrogens (tertiary/aromatic N) is 2. The van der Waals surface area contributed by atoms with Gasteiger partial charge >= 0.3 is 0 Å². The zero-order valence-electron chi connectivity index (χ0n) is 9.55. The van der Waals surface area contributed by atoms with E-state index in [1.807, 2.05) is 37.4 Å². The standard InChI is InChI=1S/C14H13FN2/c1-17(14-5-3-2-4-6-14)16-11-12-7-9-13(15)10-8-12/h2-11H,1H3. The molecular weight excluding hydrogens is 215 g/mol. The second-order valence-electron chi connectivity index (χ2n) is 3.66. The first-order valence-electron chi connectivity index (χ1n) is 5.34. The molecule has 0 spiro atoms. The van der Waals surface area contributed by atoms with E-state index < -0.39 is 0 Å². The molecular formula is C14H13FN2. The molecule has 0 aliphatic rings. The van der Waals surface area contributed by atoms with Gasteiger partial charge in [-0.15, -0.1) is 0 Å². The van der Waals surface area contributed by atoms with Crippen molar-refractivity contribution in [3.05, 3.63) is 66.0 Å². The molecule has 3 heteroatoms. The average Bonchev–Trinajstić information content (AvgIpc) is 2.39. The smallest absolute Gasteiger partial charge is 0.123 e. The van der Waals surface area contributed by atoms with Gasteiger partial charge in [-0.25, -0.2) is 4.39 Å². The van der Waals surface area contributed by atoms with Gasteiger partial charge in [0.2, 0.25) is 0 Å². The summed E-state index contributed by atoms with van der Waals surface area (Å²) in [5.41, 5.74) is 1.88. The van der Waals surface area contributed by atoms with Gasteiger partial charge in [-0.1, -0.05) is 30.3 Å². The molecule has 86 valence electrons. The Hall–Kier alpha value is -2.16. The van der Waals surface area contributed by atoms with Gasteiger partial charge in [0.25, 0.3) is 0 Å². The predicted octanol–water partition coefficient (Wildman–Crippen LogP) is 3.30. The van der Waals surface area contributed by atoms with E-state index in [2.05, 4.69) is 5.10 Å². The predicted molar refractivity (Wildman–Crippen MR) is 68.8 cm³/mol. The molecule has 2 aromatic rings. The molecule has 2 aromatic carbocycles. The fourth-order valence-corrected chi connectivity index (χ4v) is 1.41. The van der Waals surface area contributed by atoms with Gasteiger partial charge in [0.15, 0.2) is 0 Å². The Bertz CT molecular complexity index is 491. The van der Waals surface area contributed by atoms with Crippen LogP contribution in [0.25, 0.3) is 0 Å². The van der Waals surface area contributed by atoms with Crippen molar-refractivity contribution >= 4 is 11.9 Å². The van der Waals surface area contributed by atoms with Crippen LogP contribution < -0.4 is 5.01 Å². The molecule has 0 aliphatic carbocycles. The SMILES string of the molecule is CN(N=Cc1ccc(F)cc1)c1ccccc1. The number of halogens is 1. The maximum Gasteiger partial charge on any atom is 0.123 e. The van der Waals surface area contributed by atoms with Gasteiger partial charge in [0, 0.05) is 7.05 Å². The molecule has 0 bridgehead atoms. The van der Waals surface area contributed by atoms with Crippen molar-refractivity contribution in [1.82, 2.24) is 0 Å². The van der Waals surface area contributed by atoms with Crippen molar-refractivity contribution in [3.8, 4) is 0 Å². The van der Waals surface area contributed by atoms with Crippen molar-refractivity contribution in [3.63, 3.8) is 0 Å². The summed E-state index contributed by atoms with van der Waals surface area (Å²) in [5.74, 6) is -0.237. The van der Waals surface area contributed by atoms with Crippen molar-refractivity contribution in [2.24, 2.45) is 5.10 Å². The lowest BCUT2D eigenvalue weighted by Crippen LogP contribution is -2.08. The minimum absolute atomic E-state index is 0.237. The number of para-hydroxylation sites is 1. The molecule has 0 aromatic heterocycles. The molecule has 0 saturated carbocycles. The quantitative estimate of drug-likeness (QED) is 0.581. The lowest BCUT2D eigenvalue weighted by Gasteiger charge is -2.11. The molecule has 17 heavy (non-hydrogen) atoms. The van der Waals surface area contributed by atoms with E-state index in [4.69, 9.17) is 0 Å². The van der Waals surface area contributed by atoms with Crippen molar-refractivity contribution in [1.29, 1.82) is 0 Å². The van der Waals surface area contributed by atoms with E-state index in [1.54, 1.807) is 23.4 Å². The van der Waals surface area contributed by atoms with Crippen molar-refractivity contribution < 1.29 is 4.39 Å². The van der Waals surface area contributed by atoms with Crippen LogP contribution in [0.5, 0.6) is 0 Å². The normalized spacial score (nSPS) is 10.7. The van der Waals surface area contributed by atoms with E-state index in [1.165, 1.54) is 12.1 Å². The van der Waals surface area contributed by atoms with Gasteiger partial charge in [0.1, 0.15) is 5.82 Å². The topological polar surface area (TPSA) is 15.6 Å². The summed E-state index contributed by atoms with van der Waals surface area (Å²) in [6.45, 7) is 0. The highest BCUT2D eigenvalue weighted by atomic mass is 19.1. The number of anilines is 1. The minimum Gasteiger partial charge on any atom is -0.269 e. The van der Waals surface area contributed by atoms with Crippen LogP contribution in [0.3, 0.4) is 0 Å². The Morgan fingerprint density at radius 1 is 1.00 bits per heavy atom. The second-order valence-corrected chi connectivity index (χ2v) is 3.66. The maximum absolute atomic E-state index is 12.7. The number of hydrogen-bond acceptors (Lipinski definition) is 2. The Morgan fingerprint density at radius 3 is 2.29 bits per heavy atom. The summed E-state index contributed by atoms with van der Waals surface area (Å²) >= 11 is 0. The molecule has 2 rings (SSSR count). The van der Waals surface area contributed by atoms with Gasteiger partial charge < -0.3 is 0 Å². The third-order valence-corrected chi connectivity index (χ3v) is 2.38. The zero-order chi connectivity index (χ0) is 12.1. The summed E-state index contributed by atoms with van der Waals surface area (Å²) < 4.78 is 12.7. The maximum atomic E-state index is 12.7. The van der Waals surface area contributed by atoms with Crippen LogP contribution in [0.4, 0.5) is 10.1 Å². The molecule has 0 fully saturated rings. The zero-order valence-corrected chi connectivity index (χ0v) is 9.55. The molecule has 0 radical (unpaired) electrons. The van der Waals surface area contributed by atoms with Crippen LogP contribution >= 0.6 is 0 Å². The van der Waals surface area contributed by atoms with Crippen LogP contribution in [-0.4, -0.2) is 13.3 Å². The van der Waals surface area contributed by atoms with E-state index in [-0.39, 0.29) is 5.82 Å². The highest BCUT2D eigenvalue weighted by Gasteiger charge is 1.95. The first-order chi connectivity index (χ1) is 8.25. The molecule has 0 heterocycles. The highest BCUT2D eigenvalue weighted by Crippen LogP contribution is 2.11. The monoisotopic (exact) mass is 228 g/mol. The second kappa shape index (κ2) is 5.25. The average molecular weight is 228 g/mol. The van der Waals surface area contributed by atoms with Gasteiger partial charge in [0.05, 0.1) is 11.9 Å². The lowest BCUT2D eigenvalue weighted by atomic mass is 10.2. The summed E-state index contributed by atoms with van der Waals surface area (Å²) in [6, 6.07) is 16.0.